The first-order valence-electron chi connectivity index (χ1n) is 10.4. The van der Waals surface area contributed by atoms with E-state index in [-0.39, 0.29) is 23.7 Å². The number of phenolic OH excluding ortho intramolecular Hbond substituents is 1. The lowest BCUT2D eigenvalue weighted by molar-refractivity contribution is 0.0932. The summed E-state index contributed by atoms with van der Waals surface area (Å²) in [6.07, 6.45) is 8.21. The number of ether oxygens (including phenoxy) is 1. The van der Waals surface area contributed by atoms with Crippen LogP contribution in [0, 0.1) is 0 Å². The van der Waals surface area contributed by atoms with Crippen molar-refractivity contribution in [2.24, 2.45) is 0 Å². The van der Waals surface area contributed by atoms with Crippen LogP contribution in [-0.4, -0.2) is 57.1 Å². The molecule has 1 saturated carbocycles. The Bertz CT molecular complexity index is 839. The highest BCUT2D eigenvalue weighted by atomic mass is 16.5. The van der Waals surface area contributed by atoms with Crippen LogP contribution in [0.15, 0.2) is 24.4 Å². The number of phenols is 1. The van der Waals surface area contributed by atoms with E-state index in [1.807, 2.05) is 16.8 Å². The molecule has 0 bridgehead atoms. The summed E-state index contributed by atoms with van der Waals surface area (Å²) >= 11 is 0. The van der Waals surface area contributed by atoms with Crippen LogP contribution >= 0.6 is 0 Å². The molecule has 1 amide bonds. The maximum Gasteiger partial charge on any atom is 0.273 e. The number of methoxy groups -OCH3 is 1. The zero-order valence-electron chi connectivity index (χ0n) is 16.9. The van der Waals surface area contributed by atoms with Gasteiger partial charge < -0.3 is 15.2 Å². The summed E-state index contributed by atoms with van der Waals surface area (Å²) in [4.78, 5) is 14.7. The molecule has 4 rings (SSSR count). The molecule has 2 N–H and O–H groups in total. The van der Waals surface area contributed by atoms with Crippen molar-refractivity contribution in [2.75, 3.05) is 20.2 Å². The van der Waals surface area contributed by atoms with Gasteiger partial charge in [-0.25, -0.2) is 4.68 Å². The lowest BCUT2D eigenvalue weighted by Gasteiger charge is -2.31. The van der Waals surface area contributed by atoms with Gasteiger partial charge in [0, 0.05) is 25.7 Å². The maximum absolute atomic E-state index is 12.4. The van der Waals surface area contributed by atoms with Gasteiger partial charge in [0.2, 0.25) is 0 Å². The second kappa shape index (κ2) is 8.82. The van der Waals surface area contributed by atoms with Crippen LogP contribution in [0.2, 0.25) is 0 Å². The minimum absolute atomic E-state index is 0.109. The monoisotopic (exact) mass is 399 g/mol. The number of hydrogen-bond donors (Lipinski definition) is 2. The quantitative estimate of drug-likeness (QED) is 0.775. The fraction of sp³-hybridized carbons (Fsp3) is 0.571. The first kappa shape index (κ1) is 19.7. The summed E-state index contributed by atoms with van der Waals surface area (Å²) < 4.78 is 7.04. The summed E-state index contributed by atoms with van der Waals surface area (Å²) in [6.45, 7) is 2.70. The Hall–Kier alpha value is -2.61. The molecule has 1 aliphatic heterocycles. The molecule has 8 heteroatoms. The SMILES string of the molecule is COc1cc(CN2CCC(n3cc(C(=O)NC4CCCC4)nn3)CC2)ccc1O. The predicted molar refractivity (Wildman–Crippen MR) is 108 cm³/mol. The lowest BCUT2D eigenvalue weighted by atomic mass is 10.0. The van der Waals surface area contributed by atoms with Gasteiger partial charge in [-0.05, 0) is 43.4 Å². The lowest BCUT2D eigenvalue weighted by Crippen LogP contribution is -2.34. The topological polar surface area (TPSA) is 92.5 Å². The molecule has 1 aromatic heterocycles. The second-order valence-corrected chi connectivity index (χ2v) is 8.05. The van der Waals surface area contributed by atoms with Crippen LogP contribution in [0.25, 0.3) is 0 Å². The summed E-state index contributed by atoms with van der Waals surface area (Å²) in [5, 5.41) is 21.1. The maximum atomic E-state index is 12.4. The van der Waals surface area contributed by atoms with Gasteiger partial charge >= 0.3 is 0 Å². The molecule has 2 fully saturated rings. The van der Waals surface area contributed by atoms with E-state index in [9.17, 15) is 9.90 Å². The molecule has 8 nitrogen and oxygen atoms in total. The van der Waals surface area contributed by atoms with Crippen LogP contribution in [-0.2, 0) is 6.54 Å². The molecule has 2 heterocycles. The zero-order chi connectivity index (χ0) is 20.2. The van der Waals surface area contributed by atoms with Gasteiger partial charge in [-0.2, -0.15) is 0 Å². The van der Waals surface area contributed by atoms with Gasteiger partial charge in [-0.1, -0.05) is 24.1 Å². The van der Waals surface area contributed by atoms with Crippen LogP contribution in [0.3, 0.4) is 0 Å². The van der Waals surface area contributed by atoms with Gasteiger partial charge in [0.1, 0.15) is 0 Å². The summed E-state index contributed by atoms with van der Waals surface area (Å²) in [5.41, 5.74) is 1.53. The normalized spacial score (nSPS) is 18.8. The molecular weight excluding hydrogens is 370 g/mol. The van der Waals surface area contributed by atoms with E-state index in [0.717, 1.165) is 50.9 Å². The molecule has 2 aliphatic rings. The fourth-order valence-corrected chi connectivity index (χ4v) is 4.31. The van der Waals surface area contributed by atoms with Gasteiger partial charge in [-0.3, -0.25) is 9.69 Å². The third-order valence-electron chi connectivity index (χ3n) is 6.01. The van der Waals surface area contributed by atoms with Gasteiger partial charge in [0.15, 0.2) is 17.2 Å². The predicted octanol–water partition coefficient (Wildman–Crippen LogP) is 2.50. The number of aromatic nitrogens is 3. The molecule has 1 saturated heterocycles. The number of piperidine rings is 1. The highest BCUT2D eigenvalue weighted by molar-refractivity contribution is 5.92. The molecule has 1 aromatic carbocycles. The first-order valence-corrected chi connectivity index (χ1v) is 10.4. The average molecular weight is 399 g/mol. The average Bonchev–Trinajstić information content (AvgIpc) is 3.42. The van der Waals surface area contributed by atoms with Crippen LogP contribution < -0.4 is 10.1 Å². The second-order valence-electron chi connectivity index (χ2n) is 8.05. The van der Waals surface area contributed by atoms with Crippen LogP contribution in [0.5, 0.6) is 11.5 Å². The highest BCUT2D eigenvalue weighted by Gasteiger charge is 2.24. The molecule has 0 unspecified atom stereocenters. The van der Waals surface area contributed by atoms with E-state index in [0.29, 0.717) is 11.4 Å². The van der Waals surface area contributed by atoms with Gasteiger partial charge in [0.05, 0.1) is 19.3 Å². The number of amides is 1. The van der Waals surface area contributed by atoms with E-state index in [4.69, 9.17) is 4.74 Å². The van der Waals surface area contributed by atoms with Crippen molar-refractivity contribution in [3.63, 3.8) is 0 Å². The number of nitrogens with one attached hydrogen (secondary N) is 1. The number of likely N-dealkylation sites (tertiary alicyclic amines) is 1. The summed E-state index contributed by atoms with van der Waals surface area (Å²) in [6, 6.07) is 6.04. The van der Waals surface area contributed by atoms with E-state index in [1.54, 1.807) is 19.4 Å². The Morgan fingerprint density at radius 1 is 1.24 bits per heavy atom. The summed E-state index contributed by atoms with van der Waals surface area (Å²) in [5.74, 6) is 0.555. The van der Waals surface area contributed by atoms with Gasteiger partial charge in [0.25, 0.3) is 5.91 Å². The fourth-order valence-electron chi connectivity index (χ4n) is 4.31. The van der Waals surface area contributed by atoms with Crippen molar-refractivity contribution in [1.29, 1.82) is 0 Å². The van der Waals surface area contributed by atoms with E-state index in [1.165, 1.54) is 12.8 Å². The van der Waals surface area contributed by atoms with Crippen molar-refractivity contribution in [3.8, 4) is 11.5 Å². The zero-order valence-corrected chi connectivity index (χ0v) is 16.9. The largest absolute Gasteiger partial charge is 0.504 e. The Balaban J connectivity index is 1.29. The Labute approximate surface area is 170 Å². The van der Waals surface area contributed by atoms with Crippen LogP contribution in [0.4, 0.5) is 0 Å². The first-order chi connectivity index (χ1) is 14.1. The molecule has 0 radical (unpaired) electrons. The standard InChI is InChI=1S/C21H29N5O3/c1-29-20-12-15(6-7-19(20)27)13-25-10-8-17(9-11-25)26-14-18(23-24-26)21(28)22-16-4-2-3-5-16/h6-7,12,14,16-17,27H,2-5,8-11,13H2,1H3,(H,22,28). The van der Waals surface area contributed by atoms with E-state index >= 15 is 0 Å². The minimum atomic E-state index is -0.109. The number of hydrogen-bond acceptors (Lipinski definition) is 6. The molecular formula is C21H29N5O3. The van der Waals surface area contributed by atoms with Crippen molar-refractivity contribution in [2.45, 2.75) is 57.2 Å². The minimum Gasteiger partial charge on any atom is -0.504 e. The van der Waals surface area contributed by atoms with Crippen molar-refractivity contribution in [3.05, 3.63) is 35.7 Å². The summed E-state index contributed by atoms with van der Waals surface area (Å²) in [7, 11) is 1.56. The van der Waals surface area contributed by atoms with Gasteiger partial charge in [-0.15, -0.1) is 5.10 Å². The van der Waals surface area contributed by atoms with E-state index < -0.39 is 0 Å². The number of nitrogens with zero attached hydrogens (tertiary/aromatic N) is 4. The Morgan fingerprint density at radius 2 is 2.00 bits per heavy atom. The van der Waals surface area contributed by atoms with Crippen molar-refractivity contribution >= 4 is 5.91 Å². The molecule has 29 heavy (non-hydrogen) atoms. The smallest absolute Gasteiger partial charge is 0.273 e. The number of rotatable bonds is 6. The molecule has 2 aromatic rings. The number of carbonyl (C=O) groups excluding carboxylic acids is 1. The number of aromatic hydroxyl groups is 1. The molecule has 0 spiro atoms. The molecule has 0 atom stereocenters. The number of carbonyl (C=O) groups is 1. The highest BCUT2D eigenvalue weighted by Crippen LogP contribution is 2.28. The van der Waals surface area contributed by atoms with Crippen molar-refractivity contribution < 1.29 is 14.6 Å². The van der Waals surface area contributed by atoms with Crippen molar-refractivity contribution in [1.82, 2.24) is 25.2 Å². The third kappa shape index (κ3) is 4.70. The van der Waals surface area contributed by atoms with Crippen LogP contribution in [0.1, 0.15) is 60.6 Å². The third-order valence-corrected chi connectivity index (χ3v) is 6.01. The van der Waals surface area contributed by atoms with E-state index in [2.05, 4.69) is 20.5 Å². The number of benzene rings is 1. The Kier molecular flexibility index (Phi) is 5.99. The molecule has 156 valence electrons. The Morgan fingerprint density at radius 3 is 2.72 bits per heavy atom. The molecule has 1 aliphatic carbocycles.